The second-order valence-corrected chi connectivity index (χ2v) is 5.21. The number of likely N-dealkylation sites (N-methyl/N-ethyl adjacent to an activating group) is 2. The molecular weight excluding hydrogens is 242 g/mol. The highest BCUT2D eigenvalue weighted by molar-refractivity contribution is 4.48. The standard InChI is InChI=1S/C14H32N3O2/c1-16(2)9-13-18-11-5-7-15-8-6-12-19-14-10-17(3)4/h5-14H2,1-4H3. The molecule has 5 nitrogen and oxygen atoms in total. The van der Waals surface area contributed by atoms with Gasteiger partial charge in [-0.3, -0.25) is 0 Å². The Bertz CT molecular complexity index is 160. The minimum absolute atomic E-state index is 0.812. The summed E-state index contributed by atoms with van der Waals surface area (Å²) in [4.78, 5) is 4.25. The van der Waals surface area contributed by atoms with Gasteiger partial charge in [0.15, 0.2) is 0 Å². The molecule has 0 saturated carbocycles. The summed E-state index contributed by atoms with van der Waals surface area (Å²) in [6.45, 7) is 7.04. The molecule has 0 saturated heterocycles. The molecule has 0 aromatic carbocycles. The molecule has 0 N–H and O–H groups in total. The summed E-state index contributed by atoms with van der Waals surface area (Å²) in [5, 5.41) is 4.46. The predicted octanol–water partition coefficient (Wildman–Crippen LogP) is 0.527. The van der Waals surface area contributed by atoms with Gasteiger partial charge in [0.1, 0.15) is 0 Å². The Labute approximate surface area is 119 Å². The van der Waals surface area contributed by atoms with E-state index < -0.39 is 0 Å². The van der Waals surface area contributed by atoms with E-state index in [9.17, 15) is 0 Å². The summed E-state index contributed by atoms with van der Waals surface area (Å²) in [5.74, 6) is 0. The van der Waals surface area contributed by atoms with E-state index >= 15 is 0 Å². The normalized spacial score (nSPS) is 11.7. The van der Waals surface area contributed by atoms with Gasteiger partial charge >= 0.3 is 0 Å². The maximum Gasteiger partial charge on any atom is 0.0593 e. The van der Waals surface area contributed by atoms with Crippen molar-refractivity contribution in [3.8, 4) is 0 Å². The molecular formula is C14H32N3O2. The lowest BCUT2D eigenvalue weighted by Crippen LogP contribution is -2.20. The van der Waals surface area contributed by atoms with Crippen LogP contribution in [-0.2, 0) is 9.47 Å². The molecule has 1 radical (unpaired) electrons. The van der Waals surface area contributed by atoms with Crippen LogP contribution in [0.15, 0.2) is 0 Å². The third-order valence-electron chi connectivity index (χ3n) is 2.58. The monoisotopic (exact) mass is 274 g/mol. The third kappa shape index (κ3) is 17.8. The molecule has 0 aromatic rings. The summed E-state index contributed by atoms with van der Waals surface area (Å²) in [6, 6.07) is 0. The number of hydrogen-bond acceptors (Lipinski definition) is 4. The van der Waals surface area contributed by atoms with E-state index in [-0.39, 0.29) is 0 Å². The van der Waals surface area contributed by atoms with Crippen molar-refractivity contribution >= 4 is 0 Å². The summed E-state index contributed by atoms with van der Waals surface area (Å²) in [6.07, 6.45) is 2.05. The van der Waals surface area contributed by atoms with E-state index in [4.69, 9.17) is 9.47 Å². The molecule has 0 aromatic heterocycles. The van der Waals surface area contributed by atoms with Crippen LogP contribution < -0.4 is 5.32 Å². The Morgan fingerprint density at radius 1 is 0.684 bits per heavy atom. The van der Waals surface area contributed by atoms with Crippen LogP contribution in [0.25, 0.3) is 0 Å². The van der Waals surface area contributed by atoms with E-state index in [0.717, 1.165) is 65.4 Å². The minimum Gasteiger partial charge on any atom is -0.380 e. The van der Waals surface area contributed by atoms with E-state index in [0.29, 0.717) is 0 Å². The van der Waals surface area contributed by atoms with Gasteiger partial charge in [0.2, 0.25) is 0 Å². The van der Waals surface area contributed by atoms with E-state index in [2.05, 4.69) is 43.3 Å². The lowest BCUT2D eigenvalue weighted by atomic mass is 10.4. The molecule has 0 fully saturated rings. The van der Waals surface area contributed by atoms with Crippen molar-refractivity contribution in [2.75, 3.05) is 80.8 Å². The van der Waals surface area contributed by atoms with Gasteiger partial charge in [0.25, 0.3) is 0 Å². The first-order valence-corrected chi connectivity index (χ1v) is 7.21. The second-order valence-electron chi connectivity index (χ2n) is 5.21. The van der Waals surface area contributed by atoms with Crippen LogP contribution in [0.5, 0.6) is 0 Å². The molecule has 0 spiro atoms. The topological polar surface area (TPSA) is 39.0 Å². The van der Waals surface area contributed by atoms with Gasteiger partial charge in [0.05, 0.1) is 13.2 Å². The van der Waals surface area contributed by atoms with E-state index in [1.165, 1.54) is 0 Å². The molecule has 0 bridgehead atoms. The van der Waals surface area contributed by atoms with Crippen molar-refractivity contribution in [1.82, 2.24) is 15.1 Å². The van der Waals surface area contributed by atoms with Crippen LogP contribution in [0.1, 0.15) is 12.8 Å². The number of rotatable bonds is 14. The quantitative estimate of drug-likeness (QED) is 0.433. The van der Waals surface area contributed by atoms with Crippen LogP contribution >= 0.6 is 0 Å². The fraction of sp³-hybridized carbons (Fsp3) is 1.00. The predicted molar refractivity (Wildman–Crippen MR) is 79.8 cm³/mol. The molecule has 19 heavy (non-hydrogen) atoms. The van der Waals surface area contributed by atoms with Crippen LogP contribution in [0.2, 0.25) is 0 Å². The lowest BCUT2D eigenvalue weighted by molar-refractivity contribution is 0.111. The lowest BCUT2D eigenvalue weighted by Gasteiger charge is -2.10. The molecule has 0 aliphatic rings. The average molecular weight is 274 g/mol. The van der Waals surface area contributed by atoms with Crippen molar-refractivity contribution < 1.29 is 9.47 Å². The van der Waals surface area contributed by atoms with Gasteiger partial charge in [-0.15, -0.1) is 0 Å². The Morgan fingerprint density at radius 2 is 1.11 bits per heavy atom. The Balaban J connectivity index is 2.95. The van der Waals surface area contributed by atoms with E-state index in [1.807, 2.05) is 0 Å². The highest BCUT2D eigenvalue weighted by Crippen LogP contribution is 1.86. The third-order valence-corrected chi connectivity index (χ3v) is 2.58. The van der Waals surface area contributed by atoms with Gasteiger partial charge in [-0.2, -0.15) is 0 Å². The van der Waals surface area contributed by atoms with Crippen LogP contribution in [0.3, 0.4) is 0 Å². The van der Waals surface area contributed by atoms with Crippen molar-refractivity contribution in [2.24, 2.45) is 0 Å². The molecule has 0 amide bonds. The highest BCUT2D eigenvalue weighted by Gasteiger charge is 1.94. The Kier molecular flexibility index (Phi) is 14.1. The number of hydrogen-bond donors (Lipinski definition) is 0. The van der Waals surface area contributed by atoms with Crippen molar-refractivity contribution in [2.45, 2.75) is 12.8 Å². The summed E-state index contributed by atoms with van der Waals surface area (Å²) < 4.78 is 11.0. The molecule has 115 valence electrons. The summed E-state index contributed by atoms with van der Waals surface area (Å²) in [7, 11) is 8.22. The minimum atomic E-state index is 0.812. The van der Waals surface area contributed by atoms with Gasteiger partial charge in [-0.1, -0.05) is 0 Å². The van der Waals surface area contributed by atoms with Crippen LogP contribution in [0.4, 0.5) is 0 Å². The molecule has 0 rings (SSSR count). The van der Waals surface area contributed by atoms with E-state index in [1.54, 1.807) is 0 Å². The Hall–Kier alpha value is -0.200. The maximum atomic E-state index is 5.50. The molecule has 0 atom stereocenters. The zero-order valence-electron chi connectivity index (χ0n) is 13.2. The first-order chi connectivity index (χ1) is 9.13. The summed E-state index contributed by atoms with van der Waals surface area (Å²) >= 11 is 0. The molecule has 0 aliphatic heterocycles. The smallest absolute Gasteiger partial charge is 0.0593 e. The fourth-order valence-corrected chi connectivity index (χ4v) is 1.37. The molecule has 0 unspecified atom stereocenters. The molecule has 0 aliphatic carbocycles. The Morgan fingerprint density at radius 3 is 1.47 bits per heavy atom. The van der Waals surface area contributed by atoms with Gasteiger partial charge < -0.3 is 19.3 Å². The zero-order chi connectivity index (χ0) is 14.3. The largest absolute Gasteiger partial charge is 0.380 e. The number of ether oxygens (including phenoxy) is 2. The first-order valence-electron chi connectivity index (χ1n) is 7.21. The van der Waals surface area contributed by atoms with Gasteiger partial charge in [0, 0.05) is 39.4 Å². The maximum absolute atomic E-state index is 5.50. The first kappa shape index (κ1) is 18.8. The summed E-state index contributed by atoms with van der Waals surface area (Å²) in [5.41, 5.74) is 0. The second kappa shape index (κ2) is 14.2. The van der Waals surface area contributed by atoms with Crippen LogP contribution in [0, 0.1) is 0 Å². The molecule has 0 heterocycles. The van der Waals surface area contributed by atoms with Crippen molar-refractivity contribution in [3.05, 3.63) is 0 Å². The van der Waals surface area contributed by atoms with Crippen LogP contribution in [-0.4, -0.2) is 90.6 Å². The van der Waals surface area contributed by atoms with Crippen molar-refractivity contribution in [1.29, 1.82) is 0 Å². The van der Waals surface area contributed by atoms with Gasteiger partial charge in [-0.25, -0.2) is 5.32 Å². The molecule has 5 heteroatoms. The average Bonchev–Trinajstić information content (AvgIpc) is 2.34. The highest BCUT2D eigenvalue weighted by atomic mass is 16.5. The number of nitrogens with zero attached hydrogens (tertiary/aromatic N) is 3. The fourth-order valence-electron chi connectivity index (χ4n) is 1.37. The zero-order valence-corrected chi connectivity index (χ0v) is 13.2. The SMILES string of the molecule is CN(C)CCOCCC[N]CCCOCCN(C)C. The van der Waals surface area contributed by atoms with Gasteiger partial charge in [-0.05, 0) is 41.0 Å². The van der Waals surface area contributed by atoms with Crippen molar-refractivity contribution in [3.63, 3.8) is 0 Å².